The molecule has 3 rings (SSSR count). The standard InChI is InChI=1S/C15H28N2O/c18-15-7-3-6-14(12-15)17-10-8-16(9-11-17)13-4-1-2-5-13/h13-15,18H,1-12H2. The van der Waals surface area contributed by atoms with E-state index in [-0.39, 0.29) is 6.10 Å². The maximum atomic E-state index is 9.80. The Balaban J connectivity index is 1.47. The van der Waals surface area contributed by atoms with E-state index in [1.54, 1.807) is 0 Å². The van der Waals surface area contributed by atoms with Gasteiger partial charge in [0.1, 0.15) is 0 Å². The minimum atomic E-state index is -0.0309. The highest BCUT2D eigenvalue weighted by atomic mass is 16.3. The summed E-state index contributed by atoms with van der Waals surface area (Å²) in [4.78, 5) is 5.37. The molecule has 3 nitrogen and oxygen atoms in total. The van der Waals surface area contributed by atoms with E-state index in [9.17, 15) is 5.11 Å². The molecule has 0 aromatic heterocycles. The molecule has 0 aromatic rings. The molecular weight excluding hydrogens is 224 g/mol. The first-order chi connectivity index (χ1) is 8.83. The lowest BCUT2D eigenvalue weighted by atomic mass is 9.91. The summed E-state index contributed by atoms with van der Waals surface area (Å²) >= 11 is 0. The Bertz CT molecular complexity index is 257. The molecular formula is C15H28N2O. The summed E-state index contributed by atoms with van der Waals surface area (Å²) in [7, 11) is 0. The molecule has 0 radical (unpaired) electrons. The second kappa shape index (κ2) is 5.89. The molecule has 2 atom stereocenters. The van der Waals surface area contributed by atoms with Gasteiger partial charge in [0.15, 0.2) is 0 Å². The molecule has 3 heteroatoms. The number of hydrogen-bond donors (Lipinski definition) is 1. The molecule has 2 unspecified atom stereocenters. The van der Waals surface area contributed by atoms with Crippen LogP contribution >= 0.6 is 0 Å². The first-order valence-corrected chi connectivity index (χ1v) is 7.99. The molecule has 2 saturated carbocycles. The fourth-order valence-electron chi connectivity index (χ4n) is 4.21. The Kier molecular flexibility index (Phi) is 4.22. The van der Waals surface area contributed by atoms with Gasteiger partial charge in [-0.15, -0.1) is 0 Å². The van der Waals surface area contributed by atoms with Crippen LogP contribution < -0.4 is 0 Å². The monoisotopic (exact) mass is 252 g/mol. The quantitative estimate of drug-likeness (QED) is 0.812. The fourth-order valence-corrected chi connectivity index (χ4v) is 4.21. The Hall–Kier alpha value is -0.120. The first kappa shape index (κ1) is 12.9. The third-order valence-electron chi connectivity index (χ3n) is 5.33. The van der Waals surface area contributed by atoms with E-state index in [1.807, 2.05) is 0 Å². The van der Waals surface area contributed by atoms with Gasteiger partial charge in [0.2, 0.25) is 0 Å². The zero-order chi connectivity index (χ0) is 12.4. The summed E-state index contributed by atoms with van der Waals surface area (Å²) < 4.78 is 0. The van der Waals surface area contributed by atoms with Gasteiger partial charge in [-0.05, 0) is 38.5 Å². The summed E-state index contributed by atoms with van der Waals surface area (Å²) in [5, 5.41) is 9.80. The predicted octanol–water partition coefficient (Wildman–Crippen LogP) is 1.85. The Morgan fingerprint density at radius 2 is 1.22 bits per heavy atom. The molecule has 2 aliphatic carbocycles. The van der Waals surface area contributed by atoms with E-state index < -0.39 is 0 Å². The summed E-state index contributed by atoms with van der Waals surface area (Å²) in [6.07, 6.45) is 10.3. The maximum absolute atomic E-state index is 9.80. The van der Waals surface area contributed by atoms with Gasteiger partial charge in [0.05, 0.1) is 6.10 Å². The van der Waals surface area contributed by atoms with Gasteiger partial charge in [-0.25, -0.2) is 0 Å². The average molecular weight is 252 g/mol. The van der Waals surface area contributed by atoms with Crippen molar-refractivity contribution in [1.29, 1.82) is 0 Å². The molecule has 0 bridgehead atoms. The zero-order valence-electron chi connectivity index (χ0n) is 11.6. The van der Waals surface area contributed by atoms with Crippen molar-refractivity contribution < 1.29 is 5.11 Å². The lowest BCUT2D eigenvalue weighted by Crippen LogP contribution is -2.53. The van der Waals surface area contributed by atoms with Crippen LogP contribution in [0.1, 0.15) is 51.4 Å². The van der Waals surface area contributed by atoms with Crippen molar-refractivity contribution in [2.24, 2.45) is 0 Å². The van der Waals surface area contributed by atoms with Gasteiger partial charge in [-0.3, -0.25) is 9.80 Å². The molecule has 0 spiro atoms. The molecule has 18 heavy (non-hydrogen) atoms. The summed E-state index contributed by atoms with van der Waals surface area (Å²) in [5.41, 5.74) is 0. The van der Waals surface area contributed by atoms with Gasteiger partial charge in [-0.1, -0.05) is 12.8 Å². The molecule has 0 amide bonds. The van der Waals surface area contributed by atoms with Gasteiger partial charge in [0.25, 0.3) is 0 Å². The topological polar surface area (TPSA) is 26.7 Å². The van der Waals surface area contributed by atoms with E-state index in [0.717, 1.165) is 18.9 Å². The van der Waals surface area contributed by atoms with E-state index in [1.165, 1.54) is 64.7 Å². The Morgan fingerprint density at radius 1 is 0.667 bits per heavy atom. The third kappa shape index (κ3) is 2.89. The highest BCUT2D eigenvalue weighted by Gasteiger charge is 2.30. The summed E-state index contributed by atoms with van der Waals surface area (Å²) in [6, 6.07) is 1.56. The van der Waals surface area contributed by atoms with Crippen LogP contribution in [0.4, 0.5) is 0 Å². The van der Waals surface area contributed by atoms with Gasteiger partial charge >= 0.3 is 0 Å². The second-order valence-corrected chi connectivity index (χ2v) is 6.48. The zero-order valence-corrected chi connectivity index (χ0v) is 11.6. The highest BCUT2D eigenvalue weighted by molar-refractivity contribution is 4.86. The predicted molar refractivity (Wildman–Crippen MR) is 73.7 cm³/mol. The van der Waals surface area contributed by atoms with Crippen LogP contribution in [0, 0.1) is 0 Å². The van der Waals surface area contributed by atoms with Crippen LogP contribution in [0.2, 0.25) is 0 Å². The van der Waals surface area contributed by atoms with Crippen molar-refractivity contribution in [2.75, 3.05) is 26.2 Å². The first-order valence-electron chi connectivity index (χ1n) is 7.99. The van der Waals surface area contributed by atoms with Gasteiger partial charge < -0.3 is 5.11 Å². The van der Waals surface area contributed by atoms with Crippen LogP contribution in [-0.2, 0) is 0 Å². The van der Waals surface area contributed by atoms with Crippen molar-refractivity contribution in [3.05, 3.63) is 0 Å². The number of aliphatic hydroxyl groups is 1. The average Bonchev–Trinajstić information content (AvgIpc) is 2.93. The van der Waals surface area contributed by atoms with Crippen molar-refractivity contribution in [2.45, 2.75) is 69.6 Å². The number of nitrogens with zero attached hydrogens (tertiary/aromatic N) is 2. The number of hydrogen-bond acceptors (Lipinski definition) is 3. The molecule has 1 heterocycles. The van der Waals surface area contributed by atoms with Crippen LogP contribution in [0.3, 0.4) is 0 Å². The van der Waals surface area contributed by atoms with Crippen LogP contribution in [-0.4, -0.2) is 59.3 Å². The number of aliphatic hydroxyl groups excluding tert-OH is 1. The minimum absolute atomic E-state index is 0.0309. The number of rotatable bonds is 2. The molecule has 0 aromatic carbocycles. The molecule has 3 aliphatic rings. The van der Waals surface area contributed by atoms with E-state index in [2.05, 4.69) is 9.80 Å². The van der Waals surface area contributed by atoms with Crippen molar-refractivity contribution >= 4 is 0 Å². The van der Waals surface area contributed by atoms with E-state index in [4.69, 9.17) is 0 Å². The van der Waals surface area contributed by atoms with Gasteiger partial charge in [-0.2, -0.15) is 0 Å². The summed E-state index contributed by atoms with van der Waals surface area (Å²) in [6.45, 7) is 4.98. The third-order valence-corrected chi connectivity index (χ3v) is 5.33. The van der Waals surface area contributed by atoms with Crippen LogP contribution in [0.25, 0.3) is 0 Å². The Labute approximate surface area is 111 Å². The molecule has 3 fully saturated rings. The smallest absolute Gasteiger partial charge is 0.0555 e. The highest BCUT2D eigenvalue weighted by Crippen LogP contribution is 2.27. The largest absolute Gasteiger partial charge is 0.393 e. The normalized spacial score (nSPS) is 37.2. The van der Waals surface area contributed by atoms with E-state index >= 15 is 0 Å². The molecule has 104 valence electrons. The van der Waals surface area contributed by atoms with Crippen LogP contribution in [0.15, 0.2) is 0 Å². The SMILES string of the molecule is OC1CCCC(N2CCN(C3CCCC3)CC2)C1. The van der Waals surface area contributed by atoms with Crippen molar-refractivity contribution in [3.63, 3.8) is 0 Å². The lowest BCUT2D eigenvalue weighted by molar-refractivity contribution is 0.0240. The maximum Gasteiger partial charge on any atom is 0.0555 e. The van der Waals surface area contributed by atoms with Crippen molar-refractivity contribution in [3.8, 4) is 0 Å². The fraction of sp³-hybridized carbons (Fsp3) is 1.00. The molecule has 1 aliphatic heterocycles. The van der Waals surface area contributed by atoms with Crippen LogP contribution in [0.5, 0.6) is 0 Å². The number of piperazine rings is 1. The second-order valence-electron chi connectivity index (χ2n) is 6.48. The molecule has 1 N–H and O–H groups in total. The Morgan fingerprint density at radius 3 is 1.83 bits per heavy atom. The van der Waals surface area contributed by atoms with Gasteiger partial charge in [0, 0.05) is 38.3 Å². The lowest BCUT2D eigenvalue weighted by Gasteiger charge is -2.43. The van der Waals surface area contributed by atoms with Crippen molar-refractivity contribution in [1.82, 2.24) is 9.80 Å². The van der Waals surface area contributed by atoms with E-state index in [0.29, 0.717) is 6.04 Å². The molecule has 1 saturated heterocycles. The summed E-state index contributed by atoms with van der Waals surface area (Å²) in [5.74, 6) is 0. The minimum Gasteiger partial charge on any atom is -0.393 e.